The Kier molecular flexibility index (Phi) is 4.56. The number of β-amino-alcohol motifs (C(OH)–C–C–N with tert-alkyl or cyclic N) is 1. The van der Waals surface area contributed by atoms with E-state index in [-0.39, 0.29) is 6.10 Å². The molecule has 1 aromatic rings. The third-order valence-corrected chi connectivity index (χ3v) is 3.72. The minimum absolute atomic E-state index is 0.388. The summed E-state index contributed by atoms with van der Waals surface area (Å²) in [6, 6.07) is 6.05. The summed E-state index contributed by atoms with van der Waals surface area (Å²) in [5.74, 6) is 0. The second-order valence-electron chi connectivity index (χ2n) is 4.57. The van der Waals surface area contributed by atoms with E-state index in [1.54, 1.807) is 0 Å². The zero-order chi connectivity index (χ0) is 12.3. The first-order valence-corrected chi connectivity index (χ1v) is 6.83. The molecule has 1 aliphatic rings. The maximum absolute atomic E-state index is 10.3. The molecule has 0 aliphatic carbocycles. The number of hydrogen-bond donors (Lipinski definition) is 2. The number of aryl methyl sites for hydroxylation is 1. The fraction of sp³-hybridized carbons (Fsp3) is 0.538. The predicted molar refractivity (Wildman–Crippen MR) is 73.1 cm³/mol. The lowest BCUT2D eigenvalue weighted by Gasteiger charge is -2.29. The fourth-order valence-electron chi connectivity index (χ4n) is 2.25. The highest BCUT2D eigenvalue weighted by atomic mass is 79.9. The maximum atomic E-state index is 10.3. The van der Waals surface area contributed by atoms with Crippen molar-refractivity contribution >= 4 is 15.9 Å². The Morgan fingerprint density at radius 3 is 2.76 bits per heavy atom. The highest BCUT2D eigenvalue weighted by Gasteiger charge is 2.16. The molecule has 17 heavy (non-hydrogen) atoms. The van der Waals surface area contributed by atoms with E-state index in [4.69, 9.17) is 0 Å². The number of piperazine rings is 1. The van der Waals surface area contributed by atoms with Gasteiger partial charge in [0.25, 0.3) is 0 Å². The van der Waals surface area contributed by atoms with E-state index in [1.807, 2.05) is 19.1 Å². The van der Waals surface area contributed by atoms with Gasteiger partial charge in [0.05, 0.1) is 6.10 Å². The molecule has 2 N–H and O–H groups in total. The number of aliphatic hydroxyl groups is 1. The van der Waals surface area contributed by atoms with E-state index in [1.165, 1.54) is 0 Å². The molecule has 2 rings (SSSR count). The van der Waals surface area contributed by atoms with Crippen LogP contribution < -0.4 is 5.32 Å². The van der Waals surface area contributed by atoms with Gasteiger partial charge in [0.1, 0.15) is 0 Å². The van der Waals surface area contributed by atoms with Crippen LogP contribution in [0.2, 0.25) is 0 Å². The van der Waals surface area contributed by atoms with Gasteiger partial charge >= 0.3 is 0 Å². The second-order valence-corrected chi connectivity index (χ2v) is 5.48. The molecule has 0 radical (unpaired) electrons. The third kappa shape index (κ3) is 3.52. The quantitative estimate of drug-likeness (QED) is 0.892. The standard InChI is InChI=1S/C13H19BrN2O/c1-10-8-11(14)2-3-12(10)13(17)9-16-6-4-15-5-7-16/h2-3,8,13,15,17H,4-7,9H2,1H3. The van der Waals surface area contributed by atoms with Crippen molar-refractivity contribution in [3.8, 4) is 0 Å². The molecular formula is C13H19BrN2O. The summed E-state index contributed by atoms with van der Waals surface area (Å²) >= 11 is 3.44. The molecule has 0 spiro atoms. The molecular weight excluding hydrogens is 280 g/mol. The molecule has 0 aromatic heterocycles. The summed E-state index contributed by atoms with van der Waals surface area (Å²) < 4.78 is 1.06. The SMILES string of the molecule is Cc1cc(Br)ccc1C(O)CN1CCNCC1. The molecule has 1 atom stereocenters. The molecule has 1 aliphatic heterocycles. The van der Waals surface area contributed by atoms with Gasteiger partial charge in [-0.1, -0.05) is 22.0 Å². The fourth-order valence-corrected chi connectivity index (χ4v) is 2.73. The van der Waals surface area contributed by atoms with Crippen LogP contribution in [0.4, 0.5) is 0 Å². The van der Waals surface area contributed by atoms with Crippen molar-refractivity contribution in [3.05, 3.63) is 33.8 Å². The van der Waals surface area contributed by atoms with Crippen LogP contribution in [-0.2, 0) is 0 Å². The molecule has 1 aromatic carbocycles. The van der Waals surface area contributed by atoms with Crippen LogP contribution in [0, 0.1) is 6.92 Å². The van der Waals surface area contributed by atoms with Crippen molar-refractivity contribution in [1.82, 2.24) is 10.2 Å². The van der Waals surface area contributed by atoms with Gasteiger partial charge < -0.3 is 10.4 Å². The van der Waals surface area contributed by atoms with Crippen molar-refractivity contribution in [2.75, 3.05) is 32.7 Å². The minimum atomic E-state index is -0.388. The zero-order valence-corrected chi connectivity index (χ0v) is 11.7. The molecule has 0 bridgehead atoms. The maximum Gasteiger partial charge on any atom is 0.0919 e. The van der Waals surface area contributed by atoms with Crippen molar-refractivity contribution < 1.29 is 5.11 Å². The van der Waals surface area contributed by atoms with Gasteiger partial charge in [0.15, 0.2) is 0 Å². The molecule has 94 valence electrons. The van der Waals surface area contributed by atoms with Crippen molar-refractivity contribution in [3.63, 3.8) is 0 Å². The van der Waals surface area contributed by atoms with Gasteiger partial charge in [-0.05, 0) is 30.2 Å². The average Bonchev–Trinajstić information content (AvgIpc) is 2.30. The number of nitrogens with zero attached hydrogens (tertiary/aromatic N) is 1. The number of benzene rings is 1. The molecule has 3 nitrogen and oxygen atoms in total. The topological polar surface area (TPSA) is 35.5 Å². The Hall–Kier alpha value is -0.420. The first-order chi connectivity index (χ1) is 8.16. The number of rotatable bonds is 3. The summed E-state index contributed by atoms with van der Waals surface area (Å²) in [6.45, 7) is 6.85. The normalized spacial score (nSPS) is 19.2. The monoisotopic (exact) mass is 298 g/mol. The largest absolute Gasteiger partial charge is 0.387 e. The highest BCUT2D eigenvalue weighted by molar-refractivity contribution is 9.10. The summed E-state index contributed by atoms with van der Waals surface area (Å²) in [4.78, 5) is 2.31. The van der Waals surface area contributed by atoms with E-state index >= 15 is 0 Å². The smallest absolute Gasteiger partial charge is 0.0919 e. The van der Waals surface area contributed by atoms with Crippen LogP contribution in [0.15, 0.2) is 22.7 Å². The first kappa shape index (κ1) is 13.0. The summed E-state index contributed by atoms with van der Waals surface area (Å²) in [5.41, 5.74) is 2.17. The van der Waals surface area contributed by atoms with Gasteiger partial charge in [0.2, 0.25) is 0 Å². The summed E-state index contributed by atoms with van der Waals surface area (Å²) in [7, 11) is 0. The molecule has 0 amide bonds. The summed E-state index contributed by atoms with van der Waals surface area (Å²) in [6.07, 6.45) is -0.388. The number of halogens is 1. The summed E-state index contributed by atoms with van der Waals surface area (Å²) in [5, 5.41) is 13.6. The van der Waals surface area contributed by atoms with Gasteiger partial charge in [-0.15, -0.1) is 0 Å². The van der Waals surface area contributed by atoms with Crippen LogP contribution in [-0.4, -0.2) is 42.7 Å². The van der Waals surface area contributed by atoms with E-state index in [0.717, 1.165) is 48.3 Å². The molecule has 1 heterocycles. The van der Waals surface area contributed by atoms with E-state index < -0.39 is 0 Å². The highest BCUT2D eigenvalue weighted by Crippen LogP contribution is 2.22. The Labute approximate surface area is 111 Å². The van der Waals surface area contributed by atoms with E-state index in [9.17, 15) is 5.11 Å². The minimum Gasteiger partial charge on any atom is -0.387 e. The Morgan fingerprint density at radius 1 is 1.41 bits per heavy atom. The van der Waals surface area contributed by atoms with Crippen LogP contribution in [0.5, 0.6) is 0 Å². The molecule has 1 fully saturated rings. The van der Waals surface area contributed by atoms with Gasteiger partial charge in [-0.3, -0.25) is 4.90 Å². The molecule has 4 heteroatoms. The van der Waals surface area contributed by atoms with Crippen LogP contribution >= 0.6 is 15.9 Å². The van der Waals surface area contributed by atoms with Crippen molar-refractivity contribution in [1.29, 1.82) is 0 Å². The Bertz CT molecular complexity index is 378. The third-order valence-electron chi connectivity index (χ3n) is 3.23. The lowest BCUT2D eigenvalue weighted by molar-refractivity contribution is 0.105. The van der Waals surface area contributed by atoms with E-state index in [0.29, 0.717) is 0 Å². The number of nitrogens with one attached hydrogen (secondary N) is 1. The number of hydrogen-bond acceptors (Lipinski definition) is 3. The van der Waals surface area contributed by atoms with Crippen molar-refractivity contribution in [2.24, 2.45) is 0 Å². The predicted octanol–water partition coefficient (Wildman–Crippen LogP) is 1.70. The van der Waals surface area contributed by atoms with Gasteiger partial charge in [-0.25, -0.2) is 0 Å². The van der Waals surface area contributed by atoms with Crippen LogP contribution in [0.3, 0.4) is 0 Å². The lowest BCUT2D eigenvalue weighted by Crippen LogP contribution is -2.45. The molecule has 1 unspecified atom stereocenters. The van der Waals surface area contributed by atoms with E-state index in [2.05, 4.69) is 32.2 Å². The Balaban J connectivity index is 2.00. The first-order valence-electron chi connectivity index (χ1n) is 6.04. The molecule has 0 saturated carbocycles. The Morgan fingerprint density at radius 2 is 2.12 bits per heavy atom. The molecule has 1 saturated heterocycles. The van der Waals surface area contributed by atoms with Gasteiger partial charge in [0, 0.05) is 37.2 Å². The van der Waals surface area contributed by atoms with Crippen molar-refractivity contribution in [2.45, 2.75) is 13.0 Å². The second kappa shape index (κ2) is 5.96. The van der Waals surface area contributed by atoms with Crippen LogP contribution in [0.25, 0.3) is 0 Å². The average molecular weight is 299 g/mol. The van der Waals surface area contributed by atoms with Crippen LogP contribution in [0.1, 0.15) is 17.2 Å². The van der Waals surface area contributed by atoms with Gasteiger partial charge in [-0.2, -0.15) is 0 Å². The number of aliphatic hydroxyl groups excluding tert-OH is 1. The zero-order valence-electron chi connectivity index (χ0n) is 10.1. The lowest BCUT2D eigenvalue weighted by atomic mass is 10.0.